The molecule has 1 saturated carbocycles. The van der Waals surface area contributed by atoms with Crippen molar-refractivity contribution in [2.45, 2.75) is 25.8 Å². The zero-order valence-corrected chi connectivity index (χ0v) is 11.5. The number of carbonyl (C=O) groups is 1. The molecule has 0 saturated heterocycles. The summed E-state index contributed by atoms with van der Waals surface area (Å²) in [6, 6.07) is 10.2. The monoisotopic (exact) mass is 262 g/mol. The highest BCUT2D eigenvalue weighted by molar-refractivity contribution is 5.78. The molecule has 0 aliphatic heterocycles. The second kappa shape index (κ2) is 7.14. The fourth-order valence-electron chi connectivity index (χ4n) is 2.08. The van der Waals surface area contributed by atoms with Gasteiger partial charge in [0.1, 0.15) is 12.4 Å². The number of benzene rings is 1. The Balaban J connectivity index is 1.57. The van der Waals surface area contributed by atoms with Crippen LogP contribution in [-0.4, -0.2) is 43.1 Å². The second-order valence-corrected chi connectivity index (χ2v) is 4.75. The molecule has 0 aromatic heterocycles. The molecule has 0 bridgehead atoms. The smallest absolute Gasteiger partial charge is 0.236 e. The number of amides is 1. The van der Waals surface area contributed by atoms with E-state index in [2.05, 4.69) is 5.32 Å². The summed E-state index contributed by atoms with van der Waals surface area (Å²) in [5.41, 5.74) is 0. The topological polar surface area (TPSA) is 41.6 Å². The van der Waals surface area contributed by atoms with Crippen molar-refractivity contribution in [2.75, 3.05) is 26.2 Å². The summed E-state index contributed by atoms with van der Waals surface area (Å²) in [5, 5.41) is 3.14. The highest BCUT2D eigenvalue weighted by atomic mass is 16.5. The SMILES string of the molecule is CCN(C(=O)CNCCOc1ccccc1)C1CC1. The number of carbonyl (C=O) groups excluding carboxylic acids is 1. The van der Waals surface area contributed by atoms with Crippen LogP contribution in [0.15, 0.2) is 30.3 Å². The molecule has 0 heterocycles. The molecule has 0 unspecified atom stereocenters. The summed E-state index contributed by atoms with van der Waals surface area (Å²) >= 11 is 0. The summed E-state index contributed by atoms with van der Waals surface area (Å²) in [7, 11) is 0. The molecule has 4 nitrogen and oxygen atoms in total. The van der Waals surface area contributed by atoms with Crippen molar-refractivity contribution in [3.8, 4) is 5.75 Å². The molecule has 1 amide bonds. The van der Waals surface area contributed by atoms with Gasteiger partial charge in [-0.3, -0.25) is 4.79 Å². The number of hydrogen-bond donors (Lipinski definition) is 1. The third kappa shape index (κ3) is 4.56. The summed E-state index contributed by atoms with van der Waals surface area (Å²) in [5.74, 6) is 1.06. The Morgan fingerprint density at radius 1 is 1.37 bits per heavy atom. The van der Waals surface area contributed by atoms with Crippen LogP contribution >= 0.6 is 0 Å². The Hall–Kier alpha value is -1.55. The molecule has 1 aromatic carbocycles. The molecule has 1 fully saturated rings. The lowest BCUT2D eigenvalue weighted by Crippen LogP contribution is -2.40. The van der Waals surface area contributed by atoms with Crippen LogP contribution in [0.2, 0.25) is 0 Å². The van der Waals surface area contributed by atoms with E-state index in [1.54, 1.807) is 0 Å². The molecule has 1 aliphatic carbocycles. The Kier molecular flexibility index (Phi) is 5.21. The first kappa shape index (κ1) is 13.9. The van der Waals surface area contributed by atoms with Crippen molar-refractivity contribution in [3.63, 3.8) is 0 Å². The molecule has 2 rings (SSSR count). The van der Waals surface area contributed by atoms with E-state index in [1.807, 2.05) is 42.2 Å². The summed E-state index contributed by atoms with van der Waals surface area (Å²) in [4.78, 5) is 13.9. The van der Waals surface area contributed by atoms with Gasteiger partial charge in [0.05, 0.1) is 6.54 Å². The van der Waals surface area contributed by atoms with Crippen LogP contribution < -0.4 is 10.1 Å². The standard InChI is InChI=1S/C15H22N2O2/c1-2-17(13-8-9-13)15(18)12-16-10-11-19-14-6-4-3-5-7-14/h3-7,13,16H,2,8-12H2,1H3. The van der Waals surface area contributed by atoms with E-state index in [0.29, 0.717) is 25.7 Å². The largest absolute Gasteiger partial charge is 0.492 e. The van der Waals surface area contributed by atoms with Crippen LogP contribution in [0.25, 0.3) is 0 Å². The Morgan fingerprint density at radius 2 is 2.11 bits per heavy atom. The molecule has 1 N–H and O–H groups in total. The molecule has 104 valence electrons. The van der Waals surface area contributed by atoms with Crippen molar-refractivity contribution < 1.29 is 9.53 Å². The molecular formula is C15H22N2O2. The van der Waals surface area contributed by atoms with Crippen molar-refractivity contribution in [3.05, 3.63) is 30.3 Å². The normalized spacial score (nSPS) is 14.2. The molecule has 19 heavy (non-hydrogen) atoms. The van der Waals surface area contributed by atoms with Crippen molar-refractivity contribution >= 4 is 5.91 Å². The lowest BCUT2D eigenvalue weighted by molar-refractivity contribution is -0.130. The summed E-state index contributed by atoms with van der Waals surface area (Å²) in [6.07, 6.45) is 2.33. The van der Waals surface area contributed by atoms with Gasteiger partial charge in [-0.2, -0.15) is 0 Å². The van der Waals surface area contributed by atoms with E-state index < -0.39 is 0 Å². The molecule has 1 aromatic rings. The van der Waals surface area contributed by atoms with Gasteiger partial charge in [0.15, 0.2) is 0 Å². The number of hydrogen-bond acceptors (Lipinski definition) is 3. The average Bonchev–Trinajstić information content (AvgIpc) is 3.25. The Labute approximate surface area is 114 Å². The van der Waals surface area contributed by atoms with Gasteiger partial charge in [-0.15, -0.1) is 0 Å². The van der Waals surface area contributed by atoms with Gasteiger partial charge < -0.3 is 15.0 Å². The van der Waals surface area contributed by atoms with E-state index in [9.17, 15) is 4.79 Å². The van der Waals surface area contributed by atoms with Crippen LogP contribution in [0.1, 0.15) is 19.8 Å². The fraction of sp³-hybridized carbons (Fsp3) is 0.533. The Bertz CT molecular complexity index is 390. The third-order valence-electron chi connectivity index (χ3n) is 3.22. The molecule has 0 spiro atoms. The molecule has 1 aliphatic rings. The predicted molar refractivity (Wildman–Crippen MR) is 75.2 cm³/mol. The zero-order chi connectivity index (χ0) is 13.5. The minimum absolute atomic E-state index is 0.199. The maximum absolute atomic E-state index is 11.9. The molecule has 4 heteroatoms. The van der Waals surface area contributed by atoms with Crippen molar-refractivity contribution in [1.82, 2.24) is 10.2 Å². The van der Waals surface area contributed by atoms with E-state index in [0.717, 1.165) is 25.1 Å². The first-order chi connectivity index (χ1) is 9.31. The minimum atomic E-state index is 0.199. The summed E-state index contributed by atoms with van der Waals surface area (Å²) in [6.45, 7) is 4.51. The number of nitrogens with one attached hydrogen (secondary N) is 1. The van der Waals surface area contributed by atoms with Gasteiger partial charge in [-0.1, -0.05) is 18.2 Å². The van der Waals surface area contributed by atoms with Crippen LogP contribution in [0, 0.1) is 0 Å². The third-order valence-corrected chi connectivity index (χ3v) is 3.22. The van der Waals surface area contributed by atoms with Gasteiger partial charge >= 0.3 is 0 Å². The number of para-hydroxylation sites is 1. The molecule has 0 atom stereocenters. The minimum Gasteiger partial charge on any atom is -0.492 e. The number of rotatable bonds is 8. The van der Waals surface area contributed by atoms with E-state index >= 15 is 0 Å². The van der Waals surface area contributed by atoms with Gasteiger partial charge in [-0.25, -0.2) is 0 Å². The first-order valence-corrected chi connectivity index (χ1v) is 6.99. The maximum Gasteiger partial charge on any atom is 0.236 e. The van der Waals surface area contributed by atoms with E-state index in [4.69, 9.17) is 4.74 Å². The number of nitrogens with zero attached hydrogens (tertiary/aromatic N) is 1. The Morgan fingerprint density at radius 3 is 2.74 bits per heavy atom. The van der Waals surface area contributed by atoms with Crippen molar-refractivity contribution in [1.29, 1.82) is 0 Å². The lowest BCUT2D eigenvalue weighted by atomic mass is 10.3. The van der Waals surface area contributed by atoms with E-state index in [1.165, 1.54) is 0 Å². The number of likely N-dealkylation sites (N-methyl/N-ethyl adjacent to an activating group) is 1. The highest BCUT2D eigenvalue weighted by Crippen LogP contribution is 2.26. The van der Waals surface area contributed by atoms with Gasteiger partial charge in [0, 0.05) is 19.1 Å². The molecular weight excluding hydrogens is 240 g/mol. The first-order valence-electron chi connectivity index (χ1n) is 6.99. The predicted octanol–water partition coefficient (Wildman–Crippen LogP) is 1.67. The van der Waals surface area contributed by atoms with Crippen LogP contribution in [0.5, 0.6) is 5.75 Å². The zero-order valence-electron chi connectivity index (χ0n) is 11.5. The van der Waals surface area contributed by atoms with Crippen LogP contribution in [-0.2, 0) is 4.79 Å². The second-order valence-electron chi connectivity index (χ2n) is 4.75. The average molecular weight is 262 g/mol. The van der Waals surface area contributed by atoms with Gasteiger partial charge in [-0.05, 0) is 31.9 Å². The van der Waals surface area contributed by atoms with E-state index in [-0.39, 0.29) is 5.91 Å². The number of ether oxygens (including phenoxy) is 1. The summed E-state index contributed by atoms with van der Waals surface area (Å²) < 4.78 is 5.55. The van der Waals surface area contributed by atoms with Gasteiger partial charge in [0.25, 0.3) is 0 Å². The lowest BCUT2D eigenvalue weighted by Gasteiger charge is -2.20. The van der Waals surface area contributed by atoms with Crippen LogP contribution in [0.4, 0.5) is 0 Å². The quantitative estimate of drug-likeness (QED) is 0.725. The van der Waals surface area contributed by atoms with Crippen LogP contribution in [0.3, 0.4) is 0 Å². The highest BCUT2D eigenvalue weighted by Gasteiger charge is 2.30. The van der Waals surface area contributed by atoms with Crippen molar-refractivity contribution in [2.24, 2.45) is 0 Å². The fourth-order valence-corrected chi connectivity index (χ4v) is 2.08. The maximum atomic E-state index is 11.9. The van der Waals surface area contributed by atoms with Gasteiger partial charge in [0.2, 0.25) is 5.91 Å². The molecule has 0 radical (unpaired) electrons.